The Morgan fingerprint density at radius 2 is 1.69 bits per heavy atom. The number of ether oxygens (including phenoxy) is 1. The summed E-state index contributed by atoms with van der Waals surface area (Å²) in [6, 6.07) is 23.4. The van der Waals surface area contributed by atoms with Crippen LogP contribution in [-0.2, 0) is 20.9 Å². The Kier molecular flexibility index (Phi) is 4.40. The SMILES string of the molecule is O=C(OCc1cccc2ccccc12)[C@H]1CC(=O)N(c2ccccc2)C1. The van der Waals surface area contributed by atoms with Gasteiger partial charge in [-0.3, -0.25) is 9.59 Å². The average molecular weight is 345 g/mol. The Bertz CT molecular complexity index is 947. The Hall–Kier alpha value is -3.14. The van der Waals surface area contributed by atoms with E-state index in [1.54, 1.807) is 4.90 Å². The molecular formula is C22H19NO3. The van der Waals surface area contributed by atoms with Crippen LogP contribution in [0.2, 0.25) is 0 Å². The summed E-state index contributed by atoms with van der Waals surface area (Å²) in [6.07, 6.45) is 0.198. The van der Waals surface area contributed by atoms with Gasteiger partial charge >= 0.3 is 5.97 Å². The molecule has 130 valence electrons. The van der Waals surface area contributed by atoms with Crippen LogP contribution in [0.4, 0.5) is 5.69 Å². The number of para-hydroxylation sites is 1. The van der Waals surface area contributed by atoms with Gasteiger partial charge in [0.1, 0.15) is 6.61 Å². The highest BCUT2D eigenvalue weighted by molar-refractivity contribution is 5.99. The molecule has 3 aromatic rings. The number of anilines is 1. The number of benzene rings is 3. The van der Waals surface area contributed by atoms with Gasteiger partial charge in [-0.25, -0.2) is 0 Å². The number of carbonyl (C=O) groups excluding carboxylic acids is 2. The lowest BCUT2D eigenvalue weighted by Crippen LogP contribution is -2.26. The van der Waals surface area contributed by atoms with Gasteiger partial charge in [0, 0.05) is 18.7 Å². The van der Waals surface area contributed by atoms with Crippen molar-refractivity contribution in [3.8, 4) is 0 Å². The first-order valence-corrected chi connectivity index (χ1v) is 8.71. The maximum absolute atomic E-state index is 12.5. The quantitative estimate of drug-likeness (QED) is 0.673. The van der Waals surface area contributed by atoms with Gasteiger partial charge in [0.25, 0.3) is 0 Å². The highest BCUT2D eigenvalue weighted by Gasteiger charge is 2.36. The van der Waals surface area contributed by atoms with Crippen molar-refractivity contribution in [3.63, 3.8) is 0 Å². The molecule has 1 atom stereocenters. The van der Waals surface area contributed by atoms with Gasteiger partial charge in [0.05, 0.1) is 5.92 Å². The summed E-state index contributed by atoms with van der Waals surface area (Å²) in [5, 5.41) is 2.20. The molecule has 0 radical (unpaired) electrons. The lowest BCUT2D eigenvalue weighted by Gasteiger charge is -2.16. The number of nitrogens with zero attached hydrogens (tertiary/aromatic N) is 1. The topological polar surface area (TPSA) is 46.6 Å². The van der Waals surface area contributed by atoms with Crippen molar-refractivity contribution in [3.05, 3.63) is 78.4 Å². The highest BCUT2D eigenvalue weighted by atomic mass is 16.5. The largest absolute Gasteiger partial charge is 0.461 e. The molecule has 0 saturated carbocycles. The number of esters is 1. The molecule has 4 nitrogen and oxygen atoms in total. The van der Waals surface area contributed by atoms with Gasteiger partial charge in [0.2, 0.25) is 5.91 Å². The first kappa shape index (κ1) is 16.3. The molecule has 4 heteroatoms. The zero-order valence-corrected chi connectivity index (χ0v) is 14.3. The molecule has 0 aromatic heterocycles. The molecule has 4 rings (SSSR count). The van der Waals surface area contributed by atoms with Crippen molar-refractivity contribution in [1.29, 1.82) is 0 Å². The fourth-order valence-corrected chi connectivity index (χ4v) is 3.41. The van der Waals surface area contributed by atoms with Crippen LogP contribution in [0.3, 0.4) is 0 Å². The number of fused-ring (bicyclic) bond motifs is 1. The van der Waals surface area contributed by atoms with Crippen LogP contribution in [0.5, 0.6) is 0 Å². The van der Waals surface area contributed by atoms with Gasteiger partial charge in [-0.1, -0.05) is 60.7 Å². The molecule has 0 spiro atoms. The van der Waals surface area contributed by atoms with E-state index < -0.39 is 5.92 Å². The summed E-state index contributed by atoms with van der Waals surface area (Å²) in [7, 11) is 0. The predicted molar refractivity (Wildman–Crippen MR) is 101 cm³/mol. The second-order valence-electron chi connectivity index (χ2n) is 6.49. The third-order valence-corrected chi connectivity index (χ3v) is 4.78. The summed E-state index contributed by atoms with van der Waals surface area (Å²) >= 11 is 0. The molecule has 3 aromatic carbocycles. The van der Waals surface area contributed by atoms with Crippen molar-refractivity contribution < 1.29 is 14.3 Å². The first-order valence-electron chi connectivity index (χ1n) is 8.71. The van der Waals surface area contributed by atoms with Crippen LogP contribution in [0, 0.1) is 5.92 Å². The summed E-state index contributed by atoms with van der Waals surface area (Å²) in [4.78, 5) is 26.4. The molecule has 0 N–H and O–H groups in total. The Morgan fingerprint density at radius 1 is 0.962 bits per heavy atom. The van der Waals surface area contributed by atoms with Crippen molar-refractivity contribution in [1.82, 2.24) is 0 Å². The maximum atomic E-state index is 12.5. The van der Waals surface area contributed by atoms with Gasteiger partial charge < -0.3 is 9.64 Å². The highest BCUT2D eigenvalue weighted by Crippen LogP contribution is 2.26. The molecule has 26 heavy (non-hydrogen) atoms. The number of hydrogen-bond donors (Lipinski definition) is 0. The normalized spacial score (nSPS) is 16.8. The minimum absolute atomic E-state index is 0.0386. The first-order chi connectivity index (χ1) is 12.7. The molecule has 1 aliphatic rings. The Morgan fingerprint density at radius 3 is 2.54 bits per heavy atom. The molecule has 0 bridgehead atoms. The van der Waals surface area contributed by atoms with Gasteiger partial charge in [-0.05, 0) is 28.5 Å². The monoisotopic (exact) mass is 345 g/mol. The second kappa shape index (κ2) is 7.00. The van der Waals surface area contributed by atoms with E-state index >= 15 is 0 Å². The van der Waals surface area contributed by atoms with E-state index in [1.165, 1.54) is 0 Å². The van der Waals surface area contributed by atoms with E-state index in [-0.39, 0.29) is 24.9 Å². The molecule has 1 amide bonds. The van der Waals surface area contributed by atoms with E-state index in [4.69, 9.17) is 4.74 Å². The fourth-order valence-electron chi connectivity index (χ4n) is 3.41. The van der Waals surface area contributed by atoms with E-state index in [9.17, 15) is 9.59 Å². The van der Waals surface area contributed by atoms with Crippen LogP contribution in [-0.4, -0.2) is 18.4 Å². The van der Waals surface area contributed by atoms with Crippen LogP contribution in [0.25, 0.3) is 10.8 Å². The van der Waals surface area contributed by atoms with Crippen LogP contribution in [0.15, 0.2) is 72.8 Å². The van der Waals surface area contributed by atoms with Gasteiger partial charge in [0.15, 0.2) is 0 Å². The number of carbonyl (C=O) groups is 2. The molecule has 1 heterocycles. The molecule has 1 fully saturated rings. The summed E-state index contributed by atoms with van der Waals surface area (Å²) in [6.45, 7) is 0.591. The lowest BCUT2D eigenvalue weighted by atomic mass is 10.1. The fraction of sp³-hybridized carbons (Fsp3) is 0.182. The van der Waals surface area contributed by atoms with Gasteiger partial charge in [-0.2, -0.15) is 0 Å². The second-order valence-corrected chi connectivity index (χ2v) is 6.49. The van der Waals surface area contributed by atoms with Crippen molar-refractivity contribution in [2.24, 2.45) is 5.92 Å². The van der Waals surface area contributed by atoms with Crippen molar-refractivity contribution in [2.45, 2.75) is 13.0 Å². The molecule has 1 saturated heterocycles. The molecule has 0 aliphatic carbocycles. The maximum Gasteiger partial charge on any atom is 0.311 e. The molecule has 0 unspecified atom stereocenters. The van der Waals surface area contributed by atoms with Gasteiger partial charge in [-0.15, -0.1) is 0 Å². The third-order valence-electron chi connectivity index (χ3n) is 4.78. The van der Waals surface area contributed by atoms with Crippen LogP contribution < -0.4 is 4.90 Å². The van der Waals surface area contributed by atoms with Crippen LogP contribution >= 0.6 is 0 Å². The number of amides is 1. The Balaban J connectivity index is 1.43. The van der Waals surface area contributed by atoms with E-state index in [1.807, 2.05) is 72.8 Å². The number of rotatable bonds is 4. The van der Waals surface area contributed by atoms with Crippen molar-refractivity contribution in [2.75, 3.05) is 11.4 Å². The number of hydrogen-bond acceptors (Lipinski definition) is 3. The molecule has 1 aliphatic heterocycles. The summed E-state index contributed by atoms with van der Waals surface area (Å²) in [5.74, 6) is -0.772. The Labute approximate surface area is 152 Å². The minimum Gasteiger partial charge on any atom is -0.461 e. The average Bonchev–Trinajstić information content (AvgIpc) is 3.08. The van der Waals surface area contributed by atoms with E-state index in [0.29, 0.717) is 6.54 Å². The van der Waals surface area contributed by atoms with Crippen LogP contribution in [0.1, 0.15) is 12.0 Å². The smallest absolute Gasteiger partial charge is 0.311 e. The van der Waals surface area contributed by atoms with E-state index in [2.05, 4.69) is 0 Å². The minimum atomic E-state index is -0.419. The lowest BCUT2D eigenvalue weighted by molar-refractivity contribution is -0.149. The summed E-state index contributed by atoms with van der Waals surface area (Å²) in [5.41, 5.74) is 1.79. The molecular weight excluding hydrogens is 326 g/mol. The standard InChI is InChI=1S/C22H19NO3/c24-21-13-18(14-23(21)19-10-2-1-3-11-19)22(25)26-15-17-9-6-8-16-7-4-5-12-20(16)17/h1-12,18H,13-15H2/t18-/m0/s1. The van der Waals surface area contributed by atoms with E-state index in [0.717, 1.165) is 22.0 Å². The zero-order valence-electron chi connectivity index (χ0n) is 14.3. The zero-order chi connectivity index (χ0) is 17.9. The third kappa shape index (κ3) is 3.18. The summed E-state index contributed by atoms with van der Waals surface area (Å²) < 4.78 is 5.53. The van der Waals surface area contributed by atoms with Crippen molar-refractivity contribution >= 4 is 28.3 Å². The predicted octanol–water partition coefficient (Wildman–Crippen LogP) is 3.94.